The first-order chi connectivity index (χ1) is 12.3. The fraction of sp³-hybridized carbons (Fsp3) is 0.400. The standard InChI is InChI=1S/C20H24N4S/c1-2-10-24-11-8-16(9-12-24)23-19-17-13-18(15-6-4-3-5-7-15)25-20(17)22-14-21-19/h3-7,13-14,16H,2,8-12H2,1H3,(H,21,22,23)/p+1. The number of nitrogens with zero attached hydrogens (tertiary/aromatic N) is 2. The number of rotatable bonds is 5. The van der Waals surface area contributed by atoms with Crippen LogP contribution in [0.5, 0.6) is 0 Å². The van der Waals surface area contributed by atoms with Gasteiger partial charge in [-0.1, -0.05) is 37.3 Å². The number of hydrogen-bond donors (Lipinski definition) is 2. The second kappa shape index (κ2) is 7.50. The van der Waals surface area contributed by atoms with E-state index < -0.39 is 0 Å². The maximum Gasteiger partial charge on any atom is 0.138 e. The molecule has 1 saturated heterocycles. The normalized spacial score (nSPS) is 20.7. The molecule has 1 aliphatic rings. The first kappa shape index (κ1) is 16.5. The maximum absolute atomic E-state index is 4.54. The van der Waals surface area contributed by atoms with Crippen LogP contribution < -0.4 is 10.2 Å². The van der Waals surface area contributed by atoms with Crippen LogP contribution in [0, 0.1) is 0 Å². The van der Waals surface area contributed by atoms with Gasteiger partial charge in [0.25, 0.3) is 0 Å². The third kappa shape index (κ3) is 3.67. The lowest BCUT2D eigenvalue weighted by atomic mass is 10.0. The molecule has 4 nitrogen and oxygen atoms in total. The molecule has 2 aromatic heterocycles. The van der Waals surface area contributed by atoms with Gasteiger partial charge in [-0.3, -0.25) is 0 Å². The fourth-order valence-corrected chi connectivity index (χ4v) is 4.69. The zero-order chi connectivity index (χ0) is 17.1. The zero-order valence-corrected chi connectivity index (χ0v) is 15.5. The van der Waals surface area contributed by atoms with Gasteiger partial charge in [-0.2, -0.15) is 0 Å². The van der Waals surface area contributed by atoms with E-state index in [0.717, 1.165) is 16.0 Å². The van der Waals surface area contributed by atoms with E-state index >= 15 is 0 Å². The molecule has 0 bridgehead atoms. The molecular formula is C20H25N4S+. The van der Waals surface area contributed by atoms with Crippen LogP contribution >= 0.6 is 11.3 Å². The summed E-state index contributed by atoms with van der Waals surface area (Å²) in [4.78, 5) is 13.1. The van der Waals surface area contributed by atoms with Crippen molar-refractivity contribution in [3.63, 3.8) is 0 Å². The summed E-state index contributed by atoms with van der Waals surface area (Å²) in [5.41, 5.74) is 1.24. The predicted octanol–water partition coefficient (Wildman–Crippen LogP) is 3.23. The smallest absolute Gasteiger partial charge is 0.138 e. The Morgan fingerprint density at radius 2 is 1.96 bits per heavy atom. The topological polar surface area (TPSA) is 42.2 Å². The largest absolute Gasteiger partial charge is 0.366 e. The van der Waals surface area contributed by atoms with Crippen LogP contribution in [0.3, 0.4) is 0 Å². The lowest BCUT2D eigenvalue weighted by Gasteiger charge is -2.29. The average molecular weight is 354 g/mol. The molecule has 3 heterocycles. The van der Waals surface area contributed by atoms with Gasteiger partial charge in [0.05, 0.1) is 25.0 Å². The molecule has 0 saturated carbocycles. The zero-order valence-electron chi connectivity index (χ0n) is 14.7. The number of hydrogen-bond acceptors (Lipinski definition) is 4. The van der Waals surface area contributed by atoms with Gasteiger partial charge in [-0.05, 0) is 18.1 Å². The molecule has 1 fully saturated rings. The number of fused-ring (bicyclic) bond motifs is 1. The van der Waals surface area contributed by atoms with E-state index in [1.807, 2.05) is 0 Å². The molecule has 0 aliphatic carbocycles. The maximum atomic E-state index is 4.54. The molecule has 0 unspecified atom stereocenters. The molecule has 25 heavy (non-hydrogen) atoms. The van der Waals surface area contributed by atoms with Gasteiger partial charge in [0, 0.05) is 23.8 Å². The number of piperidine rings is 1. The highest BCUT2D eigenvalue weighted by Gasteiger charge is 2.22. The quantitative estimate of drug-likeness (QED) is 0.740. The Hall–Kier alpha value is -1.98. The molecule has 130 valence electrons. The van der Waals surface area contributed by atoms with Crippen LogP contribution in [-0.2, 0) is 0 Å². The summed E-state index contributed by atoms with van der Waals surface area (Å²) in [6.45, 7) is 6.10. The van der Waals surface area contributed by atoms with Crippen LogP contribution in [0.25, 0.3) is 20.7 Å². The molecule has 2 N–H and O–H groups in total. The molecule has 1 aliphatic heterocycles. The summed E-state index contributed by atoms with van der Waals surface area (Å²) in [6.07, 6.45) is 5.40. The van der Waals surface area contributed by atoms with E-state index in [-0.39, 0.29) is 0 Å². The Balaban J connectivity index is 1.53. The van der Waals surface area contributed by atoms with Crippen LogP contribution in [0.15, 0.2) is 42.7 Å². The Morgan fingerprint density at radius 3 is 2.72 bits per heavy atom. The summed E-state index contributed by atoms with van der Waals surface area (Å²) >= 11 is 1.74. The van der Waals surface area contributed by atoms with Crippen LogP contribution in [0.4, 0.5) is 5.82 Å². The van der Waals surface area contributed by atoms with Gasteiger partial charge < -0.3 is 10.2 Å². The van der Waals surface area contributed by atoms with Crippen molar-refractivity contribution in [1.82, 2.24) is 9.97 Å². The Kier molecular flexibility index (Phi) is 4.95. The molecule has 3 aromatic rings. The molecule has 0 spiro atoms. The summed E-state index contributed by atoms with van der Waals surface area (Å²) in [7, 11) is 0. The minimum Gasteiger partial charge on any atom is -0.366 e. The van der Waals surface area contributed by atoms with Crippen molar-refractivity contribution in [3.05, 3.63) is 42.7 Å². The van der Waals surface area contributed by atoms with Crippen molar-refractivity contribution >= 4 is 27.4 Å². The first-order valence-corrected chi connectivity index (χ1v) is 10.0. The molecule has 5 heteroatoms. The second-order valence-electron chi connectivity index (χ2n) is 6.84. The molecular weight excluding hydrogens is 328 g/mol. The summed E-state index contributed by atoms with van der Waals surface area (Å²) < 4.78 is 0. The van der Waals surface area contributed by atoms with Gasteiger partial charge in [0.15, 0.2) is 0 Å². The van der Waals surface area contributed by atoms with Gasteiger partial charge in [-0.15, -0.1) is 11.3 Å². The number of likely N-dealkylation sites (tertiary alicyclic amines) is 1. The van der Waals surface area contributed by atoms with Crippen molar-refractivity contribution in [3.8, 4) is 10.4 Å². The Morgan fingerprint density at radius 1 is 1.16 bits per heavy atom. The Labute approximate surface area is 152 Å². The number of quaternary nitrogens is 1. The van der Waals surface area contributed by atoms with Gasteiger partial charge in [0.2, 0.25) is 0 Å². The van der Waals surface area contributed by atoms with Crippen molar-refractivity contribution in [2.75, 3.05) is 25.0 Å². The monoisotopic (exact) mass is 353 g/mol. The molecule has 0 atom stereocenters. The fourth-order valence-electron chi connectivity index (χ4n) is 3.68. The van der Waals surface area contributed by atoms with Crippen molar-refractivity contribution in [2.45, 2.75) is 32.2 Å². The third-order valence-electron chi connectivity index (χ3n) is 5.02. The number of anilines is 1. The number of nitrogens with one attached hydrogen (secondary N) is 2. The number of thiophene rings is 1. The minimum atomic E-state index is 0.527. The van der Waals surface area contributed by atoms with Crippen molar-refractivity contribution < 1.29 is 4.90 Å². The van der Waals surface area contributed by atoms with E-state index in [1.165, 1.54) is 49.3 Å². The Bertz CT molecular complexity index is 822. The van der Waals surface area contributed by atoms with Crippen LogP contribution in [0.1, 0.15) is 26.2 Å². The lowest BCUT2D eigenvalue weighted by Crippen LogP contribution is -3.13. The van der Waals surface area contributed by atoms with Crippen LogP contribution in [0.2, 0.25) is 0 Å². The van der Waals surface area contributed by atoms with E-state index in [9.17, 15) is 0 Å². The van der Waals surface area contributed by atoms with E-state index in [2.05, 4.69) is 58.6 Å². The van der Waals surface area contributed by atoms with Crippen LogP contribution in [-0.4, -0.2) is 35.6 Å². The molecule has 0 amide bonds. The molecule has 0 radical (unpaired) electrons. The second-order valence-corrected chi connectivity index (χ2v) is 7.87. The van der Waals surface area contributed by atoms with E-state index in [1.54, 1.807) is 22.6 Å². The van der Waals surface area contributed by atoms with Gasteiger partial charge in [-0.25, -0.2) is 9.97 Å². The molecule has 1 aromatic carbocycles. The lowest BCUT2D eigenvalue weighted by molar-refractivity contribution is -0.905. The van der Waals surface area contributed by atoms with Gasteiger partial charge >= 0.3 is 0 Å². The van der Waals surface area contributed by atoms with E-state index in [0.29, 0.717) is 6.04 Å². The highest BCUT2D eigenvalue weighted by Crippen LogP contribution is 2.35. The average Bonchev–Trinajstić information content (AvgIpc) is 3.10. The SMILES string of the molecule is CCC[NH+]1CCC(Nc2ncnc3sc(-c4ccccc4)cc23)CC1. The van der Waals surface area contributed by atoms with Gasteiger partial charge in [0.1, 0.15) is 17.0 Å². The molecule has 4 rings (SSSR count). The van der Waals surface area contributed by atoms with Crippen molar-refractivity contribution in [1.29, 1.82) is 0 Å². The minimum absolute atomic E-state index is 0.527. The van der Waals surface area contributed by atoms with Crippen molar-refractivity contribution in [2.24, 2.45) is 0 Å². The van der Waals surface area contributed by atoms with E-state index in [4.69, 9.17) is 0 Å². The summed E-state index contributed by atoms with van der Waals surface area (Å²) in [6, 6.07) is 13.3. The summed E-state index contributed by atoms with van der Waals surface area (Å²) in [5.74, 6) is 0.993. The number of aromatic nitrogens is 2. The number of benzene rings is 1. The third-order valence-corrected chi connectivity index (χ3v) is 6.12. The highest BCUT2D eigenvalue weighted by molar-refractivity contribution is 7.21. The summed E-state index contributed by atoms with van der Waals surface area (Å²) in [5, 5.41) is 4.84. The predicted molar refractivity (Wildman–Crippen MR) is 105 cm³/mol. The first-order valence-electron chi connectivity index (χ1n) is 9.23. The highest BCUT2D eigenvalue weighted by atomic mass is 32.1.